The Hall–Kier alpha value is -2.85. The second kappa shape index (κ2) is 8.66. The van der Waals surface area contributed by atoms with E-state index >= 15 is 0 Å². The fourth-order valence-electron chi connectivity index (χ4n) is 2.51. The highest BCUT2D eigenvalue weighted by atomic mass is 79.9. The van der Waals surface area contributed by atoms with Gasteiger partial charge in [0.05, 0.1) is 21.7 Å². The number of H-pyrrole nitrogens is 1. The number of carbonyl (C=O) groups is 3. The summed E-state index contributed by atoms with van der Waals surface area (Å²) in [5.41, 5.74) is 3.96. The number of imide groups is 1. The highest BCUT2D eigenvalue weighted by Gasteiger charge is 2.27. The first-order valence-electron chi connectivity index (χ1n) is 8.24. The fraction of sp³-hybridized carbons (Fsp3) is 0.105. The Morgan fingerprint density at radius 2 is 1.76 bits per heavy atom. The normalized spacial score (nSPS) is 10.5. The molecule has 0 spiro atoms. The lowest BCUT2D eigenvalue weighted by atomic mass is 10.2. The minimum atomic E-state index is -1.16. The number of esters is 1. The molecular weight excluding hydrogens is 510 g/mol. The number of rotatable bonds is 4. The third-order valence-electron chi connectivity index (χ3n) is 3.86. The number of halogens is 2. The van der Waals surface area contributed by atoms with Gasteiger partial charge in [0.25, 0.3) is 0 Å². The Morgan fingerprint density at radius 1 is 1.07 bits per heavy atom. The SMILES string of the molecule is COC(=O)C(=O)N(Nc1cc(Br)c(Oc2ccc3[nH]ccc3c2)c(Br)c1)C(C)=O. The number of ether oxygens (including phenoxy) is 2. The summed E-state index contributed by atoms with van der Waals surface area (Å²) in [6, 6.07) is 10.8. The van der Waals surface area contributed by atoms with Crippen molar-refractivity contribution in [3.63, 3.8) is 0 Å². The number of aromatic amines is 1. The van der Waals surface area contributed by atoms with E-state index in [2.05, 4.69) is 47.0 Å². The minimum Gasteiger partial charge on any atom is -0.462 e. The molecule has 10 heteroatoms. The molecule has 0 saturated carbocycles. The van der Waals surface area contributed by atoms with Crippen LogP contribution >= 0.6 is 31.9 Å². The highest BCUT2D eigenvalue weighted by Crippen LogP contribution is 2.39. The van der Waals surface area contributed by atoms with Crippen molar-refractivity contribution < 1.29 is 23.9 Å². The number of amides is 2. The van der Waals surface area contributed by atoms with E-state index in [0.717, 1.165) is 24.9 Å². The summed E-state index contributed by atoms with van der Waals surface area (Å²) in [6.07, 6.45) is 1.84. The van der Waals surface area contributed by atoms with Gasteiger partial charge in [0.2, 0.25) is 5.91 Å². The van der Waals surface area contributed by atoms with Crippen LogP contribution in [0.25, 0.3) is 10.9 Å². The van der Waals surface area contributed by atoms with Crippen LogP contribution in [0.15, 0.2) is 51.5 Å². The topological polar surface area (TPSA) is 101 Å². The molecule has 0 saturated heterocycles. The van der Waals surface area contributed by atoms with Crippen LogP contribution in [-0.4, -0.2) is 34.9 Å². The van der Waals surface area contributed by atoms with Gasteiger partial charge in [-0.2, -0.15) is 5.01 Å². The molecule has 0 radical (unpaired) electrons. The molecule has 0 unspecified atom stereocenters. The molecule has 0 aliphatic carbocycles. The molecule has 1 aromatic heterocycles. The van der Waals surface area contributed by atoms with Crippen molar-refractivity contribution in [2.24, 2.45) is 0 Å². The fourth-order valence-corrected chi connectivity index (χ4v) is 3.86. The molecule has 29 heavy (non-hydrogen) atoms. The van der Waals surface area contributed by atoms with Gasteiger partial charge in [-0.1, -0.05) is 0 Å². The van der Waals surface area contributed by atoms with Gasteiger partial charge in [0.15, 0.2) is 5.75 Å². The third kappa shape index (κ3) is 4.60. The molecule has 0 atom stereocenters. The summed E-state index contributed by atoms with van der Waals surface area (Å²) >= 11 is 6.85. The Morgan fingerprint density at radius 3 is 2.38 bits per heavy atom. The van der Waals surface area contributed by atoms with Gasteiger partial charge in [0.1, 0.15) is 5.75 Å². The standard InChI is InChI=1S/C19H15Br2N3O5/c1-10(25)24(18(26)19(27)28-2)23-12-8-14(20)17(15(21)9-12)29-13-3-4-16-11(7-13)5-6-22-16/h3-9,22-23H,1-2H3. The van der Waals surface area contributed by atoms with Crippen LogP contribution < -0.4 is 10.2 Å². The molecule has 0 fully saturated rings. The van der Waals surface area contributed by atoms with Crippen molar-refractivity contribution in [1.29, 1.82) is 0 Å². The first kappa shape index (κ1) is 20.9. The molecule has 2 aromatic carbocycles. The largest absolute Gasteiger partial charge is 0.462 e. The van der Waals surface area contributed by atoms with Gasteiger partial charge in [0, 0.05) is 24.0 Å². The van der Waals surface area contributed by atoms with E-state index in [9.17, 15) is 14.4 Å². The molecule has 150 valence electrons. The van der Waals surface area contributed by atoms with Crippen molar-refractivity contribution >= 4 is 66.2 Å². The van der Waals surface area contributed by atoms with Crippen molar-refractivity contribution in [3.8, 4) is 11.5 Å². The predicted octanol–water partition coefficient (Wildman–Crippen LogP) is 4.36. The number of fused-ring (bicyclic) bond motifs is 1. The van der Waals surface area contributed by atoms with Crippen LogP contribution in [0.2, 0.25) is 0 Å². The zero-order chi connectivity index (χ0) is 21.1. The maximum atomic E-state index is 12.0. The monoisotopic (exact) mass is 523 g/mol. The molecule has 0 aliphatic rings. The van der Waals surface area contributed by atoms with Gasteiger partial charge >= 0.3 is 11.9 Å². The van der Waals surface area contributed by atoms with Gasteiger partial charge in [-0.3, -0.25) is 15.0 Å². The Labute approximate surface area is 182 Å². The van der Waals surface area contributed by atoms with E-state index in [1.165, 1.54) is 0 Å². The van der Waals surface area contributed by atoms with Crippen molar-refractivity contribution in [2.75, 3.05) is 12.5 Å². The molecular formula is C19H15Br2N3O5. The summed E-state index contributed by atoms with van der Waals surface area (Å²) < 4.78 is 11.5. The molecule has 3 rings (SSSR count). The number of aromatic nitrogens is 1. The van der Waals surface area contributed by atoms with Crippen LogP contribution in [0.1, 0.15) is 6.92 Å². The van der Waals surface area contributed by atoms with Crippen LogP contribution in [0.3, 0.4) is 0 Å². The first-order chi connectivity index (χ1) is 13.8. The number of benzene rings is 2. The quantitative estimate of drug-likeness (QED) is 0.299. The second-order valence-corrected chi connectivity index (χ2v) is 7.57. The van der Waals surface area contributed by atoms with Gasteiger partial charge in [-0.25, -0.2) is 4.79 Å². The van der Waals surface area contributed by atoms with Gasteiger partial charge in [-0.15, -0.1) is 0 Å². The maximum Gasteiger partial charge on any atom is 0.399 e. The maximum absolute atomic E-state index is 12.0. The van der Waals surface area contributed by atoms with Crippen molar-refractivity contribution in [2.45, 2.75) is 6.92 Å². The van der Waals surface area contributed by atoms with Crippen LogP contribution in [0, 0.1) is 0 Å². The van der Waals surface area contributed by atoms with E-state index in [1.807, 2.05) is 30.5 Å². The Balaban J connectivity index is 1.85. The van der Waals surface area contributed by atoms with E-state index < -0.39 is 17.8 Å². The Bertz CT molecular complexity index is 1090. The number of carbonyl (C=O) groups excluding carboxylic acids is 3. The zero-order valence-corrected chi connectivity index (χ0v) is 18.5. The molecule has 1 heterocycles. The molecule has 3 aromatic rings. The molecule has 2 N–H and O–H groups in total. The number of hydrogen-bond donors (Lipinski definition) is 2. The summed E-state index contributed by atoms with van der Waals surface area (Å²) in [5.74, 6) is -1.84. The van der Waals surface area contributed by atoms with Crippen LogP contribution in [0.5, 0.6) is 11.5 Å². The highest BCUT2D eigenvalue weighted by molar-refractivity contribution is 9.11. The lowest BCUT2D eigenvalue weighted by Crippen LogP contribution is -2.44. The zero-order valence-electron chi connectivity index (χ0n) is 15.3. The molecule has 0 aliphatic heterocycles. The summed E-state index contributed by atoms with van der Waals surface area (Å²) in [5, 5.41) is 1.58. The summed E-state index contributed by atoms with van der Waals surface area (Å²) in [6.45, 7) is 1.15. The third-order valence-corrected chi connectivity index (χ3v) is 5.04. The number of methoxy groups -OCH3 is 1. The Kier molecular flexibility index (Phi) is 6.23. The van der Waals surface area contributed by atoms with E-state index in [4.69, 9.17) is 4.74 Å². The number of hydrogen-bond acceptors (Lipinski definition) is 6. The number of anilines is 1. The summed E-state index contributed by atoms with van der Waals surface area (Å²) in [4.78, 5) is 38.3. The lowest BCUT2D eigenvalue weighted by Gasteiger charge is -2.20. The first-order valence-corrected chi connectivity index (χ1v) is 9.82. The van der Waals surface area contributed by atoms with Crippen LogP contribution in [-0.2, 0) is 19.1 Å². The average molecular weight is 525 g/mol. The smallest absolute Gasteiger partial charge is 0.399 e. The molecule has 0 bridgehead atoms. The van der Waals surface area contributed by atoms with Crippen LogP contribution in [0.4, 0.5) is 5.69 Å². The molecule has 8 nitrogen and oxygen atoms in total. The van der Waals surface area contributed by atoms with E-state index in [-0.39, 0.29) is 0 Å². The number of hydrazine groups is 1. The van der Waals surface area contributed by atoms with E-state index in [1.54, 1.807) is 12.1 Å². The second-order valence-electron chi connectivity index (χ2n) is 5.86. The number of nitrogens with zero attached hydrogens (tertiary/aromatic N) is 1. The predicted molar refractivity (Wildman–Crippen MR) is 113 cm³/mol. The number of nitrogens with one attached hydrogen (secondary N) is 2. The van der Waals surface area contributed by atoms with E-state index in [0.29, 0.717) is 31.1 Å². The minimum absolute atomic E-state index is 0.365. The average Bonchev–Trinajstić information content (AvgIpc) is 3.15. The summed E-state index contributed by atoms with van der Waals surface area (Å²) in [7, 11) is 1.06. The van der Waals surface area contributed by atoms with Crippen molar-refractivity contribution in [3.05, 3.63) is 51.5 Å². The molecule has 2 amide bonds. The van der Waals surface area contributed by atoms with Crippen molar-refractivity contribution in [1.82, 2.24) is 9.99 Å². The van der Waals surface area contributed by atoms with Gasteiger partial charge < -0.3 is 14.5 Å². The van der Waals surface area contributed by atoms with Gasteiger partial charge in [-0.05, 0) is 68.3 Å². The lowest BCUT2D eigenvalue weighted by molar-refractivity contribution is -0.160.